The monoisotopic (exact) mass is 298 g/mol. The van der Waals surface area contributed by atoms with E-state index in [2.05, 4.69) is 10.3 Å². The molecule has 1 aromatic heterocycles. The largest absolute Gasteiger partial charge is 0.343 e. The van der Waals surface area contributed by atoms with Crippen molar-refractivity contribution in [2.45, 2.75) is 31.7 Å². The van der Waals surface area contributed by atoms with Gasteiger partial charge >= 0.3 is 0 Å². The Kier molecular flexibility index (Phi) is 3.18. The Morgan fingerprint density at radius 1 is 1.37 bits per heavy atom. The second-order valence-corrected chi connectivity index (χ2v) is 7.85. The SMILES string of the molecule is O=C(NC1C=CS(=O)(=O)C1)c1nc2c(s1)CCCC2. The number of rotatable bonds is 2. The lowest BCUT2D eigenvalue weighted by atomic mass is 10.0. The van der Waals surface area contributed by atoms with E-state index in [0.29, 0.717) is 5.01 Å². The molecular weight excluding hydrogens is 284 g/mol. The molecule has 19 heavy (non-hydrogen) atoms. The van der Waals surface area contributed by atoms with Crippen molar-refractivity contribution in [1.29, 1.82) is 0 Å². The van der Waals surface area contributed by atoms with Crippen LogP contribution in [0.5, 0.6) is 0 Å². The van der Waals surface area contributed by atoms with Gasteiger partial charge in [-0.15, -0.1) is 11.3 Å². The maximum atomic E-state index is 12.0. The van der Waals surface area contributed by atoms with Crippen molar-refractivity contribution < 1.29 is 13.2 Å². The van der Waals surface area contributed by atoms with Crippen LogP contribution in [0.3, 0.4) is 0 Å². The van der Waals surface area contributed by atoms with E-state index in [1.807, 2.05) is 0 Å². The number of nitrogens with one attached hydrogen (secondary N) is 1. The van der Waals surface area contributed by atoms with Crippen LogP contribution in [-0.4, -0.2) is 31.1 Å². The number of hydrogen-bond acceptors (Lipinski definition) is 5. The molecule has 3 rings (SSSR count). The second kappa shape index (κ2) is 4.72. The van der Waals surface area contributed by atoms with Crippen molar-refractivity contribution in [2.24, 2.45) is 0 Å². The van der Waals surface area contributed by atoms with Gasteiger partial charge in [0.25, 0.3) is 5.91 Å². The molecule has 0 spiro atoms. The van der Waals surface area contributed by atoms with Crippen molar-refractivity contribution in [2.75, 3.05) is 5.75 Å². The van der Waals surface area contributed by atoms with Crippen LogP contribution >= 0.6 is 11.3 Å². The van der Waals surface area contributed by atoms with E-state index >= 15 is 0 Å². The lowest BCUT2D eigenvalue weighted by Gasteiger charge is -2.07. The average Bonchev–Trinajstić information content (AvgIpc) is 2.92. The van der Waals surface area contributed by atoms with Crippen LogP contribution in [0.2, 0.25) is 0 Å². The molecule has 0 saturated carbocycles. The Hall–Kier alpha value is -1.21. The van der Waals surface area contributed by atoms with Gasteiger partial charge in [-0.05, 0) is 31.8 Å². The number of nitrogens with zero attached hydrogens (tertiary/aromatic N) is 1. The van der Waals surface area contributed by atoms with Crippen LogP contribution in [-0.2, 0) is 22.7 Å². The minimum absolute atomic E-state index is 0.0518. The summed E-state index contributed by atoms with van der Waals surface area (Å²) in [4.78, 5) is 17.6. The number of thiazole rings is 1. The summed E-state index contributed by atoms with van der Waals surface area (Å²) in [5, 5.41) is 4.31. The van der Waals surface area contributed by atoms with Crippen LogP contribution in [0.1, 0.15) is 33.2 Å². The molecule has 0 bridgehead atoms. The molecule has 1 unspecified atom stereocenters. The van der Waals surface area contributed by atoms with Crippen LogP contribution in [0, 0.1) is 0 Å². The molecule has 1 aliphatic carbocycles. The third-order valence-electron chi connectivity index (χ3n) is 3.29. The van der Waals surface area contributed by atoms with Crippen molar-refractivity contribution >= 4 is 27.1 Å². The number of hydrogen-bond donors (Lipinski definition) is 1. The first-order chi connectivity index (χ1) is 9.03. The molecule has 7 heteroatoms. The Labute approximate surface area is 115 Å². The van der Waals surface area contributed by atoms with Crippen LogP contribution < -0.4 is 5.32 Å². The summed E-state index contributed by atoms with van der Waals surface area (Å²) in [5.41, 5.74) is 1.04. The van der Waals surface area contributed by atoms with Gasteiger partial charge in [0.2, 0.25) is 0 Å². The molecule has 0 saturated heterocycles. The minimum Gasteiger partial charge on any atom is -0.343 e. The van der Waals surface area contributed by atoms with Gasteiger partial charge in [0.05, 0.1) is 17.5 Å². The first kappa shape index (κ1) is 12.8. The number of fused-ring (bicyclic) bond motifs is 1. The van der Waals surface area contributed by atoms with Crippen molar-refractivity contribution in [3.8, 4) is 0 Å². The normalized spacial score (nSPS) is 24.1. The molecule has 0 radical (unpaired) electrons. The number of amides is 1. The number of carbonyl (C=O) groups excluding carboxylic acids is 1. The topological polar surface area (TPSA) is 76.1 Å². The average molecular weight is 298 g/mol. The highest BCUT2D eigenvalue weighted by molar-refractivity contribution is 7.94. The Morgan fingerprint density at radius 2 is 2.16 bits per heavy atom. The molecule has 1 amide bonds. The third-order valence-corrected chi connectivity index (χ3v) is 5.84. The summed E-state index contributed by atoms with van der Waals surface area (Å²) in [6.07, 6.45) is 5.73. The van der Waals surface area contributed by atoms with E-state index in [9.17, 15) is 13.2 Å². The van der Waals surface area contributed by atoms with Crippen molar-refractivity contribution in [1.82, 2.24) is 10.3 Å². The molecule has 0 fully saturated rings. The quantitative estimate of drug-likeness (QED) is 0.886. The molecule has 1 aliphatic heterocycles. The van der Waals surface area contributed by atoms with E-state index in [1.54, 1.807) is 0 Å². The van der Waals surface area contributed by atoms with E-state index < -0.39 is 15.9 Å². The highest BCUT2D eigenvalue weighted by Gasteiger charge is 2.25. The smallest absolute Gasteiger partial charge is 0.280 e. The predicted octanol–water partition coefficient (Wildman–Crippen LogP) is 1.06. The minimum atomic E-state index is -3.14. The first-order valence-corrected chi connectivity index (χ1v) is 8.77. The molecule has 2 heterocycles. The lowest BCUT2D eigenvalue weighted by molar-refractivity contribution is 0.0947. The molecule has 5 nitrogen and oxygen atoms in total. The molecule has 2 aliphatic rings. The Balaban J connectivity index is 1.71. The van der Waals surface area contributed by atoms with Gasteiger partial charge in [0.1, 0.15) is 0 Å². The predicted molar refractivity (Wildman–Crippen MR) is 72.9 cm³/mol. The maximum Gasteiger partial charge on any atom is 0.280 e. The zero-order valence-electron chi connectivity index (χ0n) is 10.3. The number of aromatic nitrogens is 1. The zero-order valence-corrected chi connectivity index (χ0v) is 11.9. The molecule has 102 valence electrons. The van der Waals surface area contributed by atoms with E-state index in [1.165, 1.54) is 22.3 Å². The van der Waals surface area contributed by atoms with Gasteiger partial charge in [-0.3, -0.25) is 4.79 Å². The third kappa shape index (κ3) is 2.71. The van der Waals surface area contributed by atoms with E-state index in [4.69, 9.17) is 0 Å². The van der Waals surface area contributed by atoms with Crippen LogP contribution in [0.15, 0.2) is 11.5 Å². The molecule has 0 aromatic carbocycles. The van der Waals surface area contributed by atoms with Gasteiger partial charge < -0.3 is 5.32 Å². The fourth-order valence-electron chi connectivity index (χ4n) is 2.34. The maximum absolute atomic E-state index is 12.0. The van der Waals surface area contributed by atoms with Gasteiger partial charge in [-0.2, -0.15) is 0 Å². The summed E-state index contributed by atoms with van der Waals surface area (Å²) < 4.78 is 22.5. The fraction of sp³-hybridized carbons (Fsp3) is 0.500. The number of carbonyl (C=O) groups is 1. The Bertz CT molecular complexity index is 622. The fourth-order valence-corrected chi connectivity index (χ4v) is 4.63. The Morgan fingerprint density at radius 3 is 2.84 bits per heavy atom. The summed E-state index contributed by atoms with van der Waals surface area (Å²) in [6.45, 7) is 0. The second-order valence-electron chi connectivity index (χ2n) is 4.83. The summed E-state index contributed by atoms with van der Waals surface area (Å²) >= 11 is 1.43. The number of sulfone groups is 1. The molecule has 1 atom stereocenters. The first-order valence-electron chi connectivity index (χ1n) is 6.24. The van der Waals surface area contributed by atoms with Crippen LogP contribution in [0.25, 0.3) is 0 Å². The van der Waals surface area contributed by atoms with Gasteiger partial charge in [-0.1, -0.05) is 0 Å². The summed E-state index contributed by atoms with van der Waals surface area (Å²) in [6, 6.07) is -0.432. The highest BCUT2D eigenvalue weighted by atomic mass is 32.2. The van der Waals surface area contributed by atoms with E-state index in [0.717, 1.165) is 36.8 Å². The lowest BCUT2D eigenvalue weighted by Crippen LogP contribution is -2.35. The highest BCUT2D eigenvalue weighted by Crippen LogP contribution is 2.26. The number of aryl methyl sites for hydroxylation is 2. The molecular formula is C12H14N2O3S2. The summed E-state index contributed by atoms with van der Waals surface area (Å²) in [7, 11) is -3.14. The standard InChI is InChI=1S/C12H14N2O3S2/c15-11(13-8-5-6-19(16,17)7-8)12-14-9-3-1-2-4-10(9)18-12/h5-6,8H,1-4,7H2,(H,13,15). The van der Waals surface area contributed by atoms with Crippen molar-refractivity contribution in [3.05, 3.63) is 27.1 Å². The van der Waals surface area contributed by atoms with Crippen LogP contribution in [0.4, 0.5) is 0 Å². The van der Waals surface area contributed by atoms with E-state index in [-0.39, 0.29) is 11.7 Å². The zero-order chi connectivity index (χ0) is 13.5. The van der Waals surface area contributed by atoms with Gasteiger partial charge in [0, 0.05) is 10.3 Å². The van der Waals surface area contributed by atoms with Gasteiger partial charge in [0.15, 0.2) is 14.8 Å². The summed E-state index contributed by atoms with van der Waals surface area (Å²) in [5.74, 6) is -0.324. The molecule has 1 aromatic rings. The van der Waals surface area contributed by atoms with Gasteiger partial charge in [-0.25, -0.2) is 13.4 Å². The molecule has 1 N–H and O–H groups in total. The van der Waals surface area contributed by atoms with Crippen molar-refractivity contribution in [3.63, 3.8) is 0 Å².